The fraction of sp³-hybridized carbons (Fsp3) is 0.400. The Kier molecular flexibility index (Phi) is 2.08. The molecule has 3 heteroatoms. The molecule has 1 heterocycles. The summed E-state index contributed by atoms with van der Waals surface area (Å²) < 4.78 is 0. The molecule has 0 fully saturated rings. The van der Waals surface area contributed by atoms with Gasteiger partial charge in [0.2, 0.25) is 0 Å². The number of anilines is 2. The fourth-order valence-electron chi connectivity index (χ4n) is 1.61. The summed E-state index contributed by atoms with van der Waals surface area (Å²) in [4.78, 5) is 2.06. The van der Waals surface area contributed by atoms with Crippen molar-refractivity contribution in [2.45, 2.75) is 6.42 Å². The number of rotatable bonds is 1. The third kappa shape index (κ3) is 1.46. The van der Waals surface area contributed by atoms with Crippen LogP contribution < -0.4 is 10.2 Å². The molecule has 70 valence electrons. The van der Waals surface area contributed by atoms with Gasteiger partial charge < -0.3 is 10.2 Å². The van der Waals surface area contributed by atoms with Gasteiger partial charge in [0.15, 0.2) is 0 Å². The lowest BCUT2D eigenvalue weighted by molar-refractivity contribution is 1.10. The first kappa shape index (κ1) is 8.70. The van der Waals surface area contributed by atoms with Crippen LogP contribution in [-0.4, -0.2) is 20.6 Å². The predicted molar refractivity (Wildman–Crippen MR) is 58.0 cm³/mol. The SMILES string of the molecule is CN(C)c1cc(Cl)c2c(c1)NCC2. The number of hydrogen-bond acceptors (Lipinski definition) is 2. The Morgan fingerprint density at radius 3 is 2.85 bits per heavy atom. The van der Waals surface area contributed by atoms with Crippen LogP contribution in [-0.2, 0) is 6.42 Å². The van der Waals surface area contributed by atoms with Gasteiger partial charge in [0.1, 0.15) is 0 Å². The van der Waals surface area contributed by atoms with E-state index >= 15 is 0 Å². The maximum Gasteiger partial charge on any atom is 0.0479 e. The summed E-state index contributed by atoms with van der Waals surface area (Å²) in [5, 5.41) is 4.21. The van der Waals surface area contributed by atoms with E-state index in [1.165, 1.54) is 11.3 Å². The molecule has 1 aliphatic heterocycles. The minimum Gasteiger partial charge on any atom is -0.384 e. The topological polar surface area (TPSA) is 15.3 Å². The highest BCUT2D eigenvalue weighted by Crippen LogP contribution is 2.33. The van der Waals surface area contributed by atoms with Gasteiger partial charge in [-0.1, -0.05) is 11.6 Å². The van der Waals surface area contributed by atoms with Crippen LogP contribution in [0.4, 0.5) is 11.4 Å². The Bertz CT molecular complexity index is 334. The number of halogens is 1. The van der Waals surface area contributed by atoms with Crippen molar-refractivity contribution in [2.24, 2.45) is 0 Å². The van der Waals surface area contributed by atoms with Gasteiger partial charge in [-0.3, -0.25) is 0 Å². The summed E-state index contributed by atoms with van der Waals surface area (Å²) in [7, 11) is 4.04. The third-order valence-electron chi connectivity index (χ3n) is 2.39. The average Bonchev–Trinajstić information content (AvgIpc) is 2.51. The molecule has 0 saturated carbocycles. The van der Waals surface area contributed by atoms with Crippen LogP contribution >= 0.6 is 11.6 Å². The lowest BCUT2D eigenvalue weighted by atomic mass is 10.1. The Labute approximate surface area is 83.5 Å². The van der Waals surface area contributed by atoms with E-state index in [0.717, 1.165) is 23.7 Å². The fourth-order valence-corrected chi connectivity index (χ4v) is 1.92. The van der Waals surface area contributed by atoms with Crippen molar-refractivity contribution in [3.63, 3.8) is 0 Å². The zero-order valence-electron chi connectivity index (χ0n) is 7.89. The molecule has 0 saturated heterocycles. The van der Waals surface area contributed by atoms with Crippen LogP contribution in [0.5, 0.6) is 0 Å². The van der Waals surface area contributed by atoms with Crippen molar-refractivity contribution in [1.82, 2.24) is 0 Å². The summed E-state index contributed by atoms with van der Waals surface area (Å²) in [5.41, 5.74) is 3.60. The van der Waals surface area contributed by atoms with Gasteiger partial charge in [-0.15, -0.1) is 0 Å². The number of benzene rings is 1. The molecule has 0 atom stereocenters. The smallest absolute Gasteiger partial charge is 0.0479 e. The second-order valence-electron chi connectivity index (χ2n) is 3.52. The lowest BCUT2D eigenvalue weighted by Crippen LogP contribution is -2.08. The summed E-state index contributed by atoms with van der Waals surface area (Å²) in [6, 6.07) is 4.17. The van der Waals surface area contributed by atoms with Crippen LogP contribution in [0.1, 0.15) is 5.56 Å². The predicted octanol–water partition coefficient (Wildman–Crippen LogP) is 2.37. The number of fused-ring (bicyclic) bond motifs is 1. The average molecular weight is 197 g/mol. The molecule has 1 aromatic rings. The van der Waals surface area contributed by atoms with Gasteiger partial charge in [0, 0.05) is 37.0 Å². The molecule has 2 rings (SSSR count). The van der Waals surface area contributed by atoms with Crippen LogP contribution in [0.15, 0.2) is 12.1 Å². The van der Waals surface area contributed by atoms with Gasteiger partial charge in [-0.2, -0.15) is 0 Å². The van der Waals surface area contributed by atoms with Crippen molar-refractivity contribution >= 4 is 23.0 Å². The minimum absolute atomic E-state index is 0.881. The van der Waals surface area contributed by atoms with Crippen molar-refractivity contribution in [2.75, 3.05) is 30.9 Å². The summed E-state index contributed by atoms with van der Waals surface area (Å²) in [6.45, 7) is 1.01. The number of hydrogen-bond donors (Lipinski definition) is 1. The van der Waals surface area contributed by atoms with Gasteiger partial charge in [0.25, 0.3) is 0 Å². The molecule has 2 nitrogen and oxygen atoms in total. The molecule has 0 aromatic heterocycles. The first-order valence-corrected chi connectivity index (χ1v) is 4.80. The van der Waals surface area contributed by atoms with Crippen molar-refractivity contribution < 1.29 is 0 Å². The van der Waals surface area contributed by atoms with Gasteiger partial charge >= 0.3 is 0 Å². The van der Waals surface area contributed by atoms with Crippen LogP contribution in [0, 0.1) is 0 Å². The van der Waals surface area contributed by atoms with E-state index in [2.05, 4.69) is 16.3 Å². The zero-order chi connectivity index (χ0) is 9.42. The van der Waals surface area contributed by atoms with E-state index in [9.17, 15) is 0 Å². The van der Waals surface area contributed by atoms with Gasteiger partial charge in [-0.05, 0) is 24.1 Å². The highest BCUT2D eigenvalue weighted by Gasteiger charge is 2.14. The maximum atomic E-state index is 6.15. The molecule has 0 aliphatic carbocycles. The lowest BCUT2D eigenvalue weighted by Gasteiger charge is -2.14. The van der Waals surface area contributed by atoms with Gasteiger partial charge in [0.05, 0.1) is 0 Å². The summed E-state index contributed by atoms with van der Waals surface area (Å²) >= 11 is 6.15. The maximum absolute atomic E-state index is 6.15. The van der Waals surface area contributed by atoms with E-state index in [0.29, 0.717) is 0 Å². The molecular weight excluding hydrogens is 184 g/mol. The molecule has 0 bridgehead atoms. The Morgan fingerprint density at radius 1 is 1.38 bits per heavy atom. The van der Waals surface area contributed by atoms with Crippen molar-refractivity contribution in [1.29, 1.82) is 0 Å². The molecule has 1 N–H and O–H groups in total. The normalized spacial score (nSPS) is 13.8. The molecule has 13 heavy (non-hydrogen) atoms. The number of nitrogens with one attached hydrogen (secondary N) is 1. The third-order valence-corrected chi connectivity index (χ3v) is 2.72. The zero-order valence-corrected chi connectivity index (χ0v) is 8.65. The van der Waals surface area contributed by atoms with E-state index < -0.39 is 0 Å². The first-order valence-electron chi connectivity index (χ1n) is 4.42. The van der Waals surface area contributed by atoms with Crippen LogP contribution in [0.2, 0.25) is 5.02 Å². The summed E-state index contributed by atoms with van der Waals surface area (Å²) in [6.07, 6.45) is 1.04. The molecule has 1 aliphatic rings. The highest BCUT2D eigenvalue weighted by molar-refractivity contribution is 6.32. The molecule has 0 unspecified atom stereocenters. The molecular formula is C10H13ClN2. The quantitative estimate of drug-likeness (QED) is 0.742. The summed E-state index contributed by atoms with van der Waals surface area (Å²) in [5.74, 6) is 0. The molecule has 1 aromatic carbocycles. The first-order chi connectivity index (χ1) is 6.18. The molecule has 0 spiro atoms. The van der Waals surface area contributed by atoms with Crippen LogP contribution in [0.3, 0.4) is 0 Å². The van der Waals surface area contributed by atoms with E-state index in [-0.39, 0.29) is 0 Å². The molecule has 0 radical (unpaired) electrons. The second kappa shape index (κ2) is 3.11. The standard InChI is InChI=1S/C10H13ClN2/c1-13(2)7-5-9(11)8-3-4-12-10(8)6-7/h5-6,12H,3-4H2,1-2H3. The number of nitrogens with zero attached hydrogens (tertiary/aromatic N) is 1. The Balaban J connectivity index is 2.49. The Hall–Kier alpha value is -0.890. The largest absolute Gasteiger partial charge is 0.384 e. The van der Waals surface area contributed by atoms with Crippen molar-refractivity contribution in [3.05, 3.63) is 22.7 Å². The van der Waals surface area contributed by atoms with E-state index in [1.54, 1.807) is 0 Å². The van der Waals surface area contributed by atoms with Crippen LogP contribution in [0.25, 0.3) is 0 Å². The monoisotopic (exact) mass is 196 g/mol. The Morgan fingerprint density at radius 2 is 2.15 bits per heavy atom. The second-order valence-corrected chi connectivity index (χ2v) is 3.93. The minimum atomic E-state index is 0.881. The van der Waals surface area contributed by atoms with E-state index in [4.69, 9.17) is 11.6 Å². The highest BCUT2D eigenvalue weighted by atomic mass is 35.5. The van der Waals surface area contributed by atoms with E-state index in [1.807, 2.05) is 20.2 Å². The van der Waals surface area contributed by atoms with Crippen molar-refractivity contribution in [3.8, 4) is 0 Å². The van der Waals surface area contributed by atoms with Gasteiger partial charge in [-0.25, -0.2) is 0 Å². The molecule has 0 amide bonds.